The minimum Gasteiger partial charge on any atom is -0.469 e. The second-order valence-electron chi connectivity index (χ2n) is 4.39. The molecule has 1 aliphatic heterocycles. The molecule has 1 N–H and O–H groups in total. The molecule has 2 rings (SSSR count). The van der Waals surface area contributed by atoms with Crippen LogP contribution in [0.5, 0.6) is 0 Å². The lowest BCUT2D eigenvalue weighted by molar-refractivity contribution is 0.389. The summed E-state index contributed by atoms with van der Waals surface area (Å²) in [6, 6.07) is 4.54. The first-order valence-corrected chi connectivity index (χ1v) is 6.57. The van der Waals surface area contributed by atoms with Gasteiger partial charge >= 0.3 is 0 Å². The third-order valence-corrected chi connectivity index (χ3v) is 4.96. The fraction of sp³-hybridized carbons (Fsp3) is 0.667. The molecule has 1 aromatic heterocycles. The maximum Gasteiger partial charge on any atom is 0.105 e. The lowest BCUT2D eigenvalue weighted by atomic mass is 9.93. The molecule has 0 aromatic carbocycles. The molecule has 0 amide bonds. The molecule has 0 spiro atoms. The van der Waals surface area contributed by atoms with Gasteiger partial charge in [-0.2, -0.15) is 11.8 Å². The average Bonchev–Trinajstić information content (AvgIpc) is 2.85. The zero-order valence-electron chi connectivity index (χ0n) is 9.45. The van der Waals surface area contributed by atoms with Gasteiger partial charge in [-0.1, -0.05) is 0 Å². The van der Waals surface area contributed by atoms with E-state index in [9.17, 15) is 0 Å². The molecule has 2 heterocycles. The van der Waals surface area contributed by atoms with Gasteiger partial charge in [0.1, 0.15) is 5.76 Å². The molecule has 2 nitrogen and oxygen atoms in total. The van der Waals surface area contributed by atoms with Gasteiger partial charge in [0.15, 0.2) is 0 Å². The largest absolute Gasteiger partial charge is 0.469 e. The summed E-state index contributed by atoms with van der Waals surface area (Å²) in [6.45, 7) is 2.37. The highest BCUT2D eigenvalue weighted by atomic mass is 32.2. The first-order chi connectivity index (χ1) is 7.24. The highest BCUT2D eigenvalue weighted by Gasteiger charge is 2.37. The summed E-state index contributed by atoms with van der Waals surface area (Å²) < 4.78 is 5.80. The van der Waals surface area contributed by atoms with Crippen molar-refractivity contribution in [2.45, 2.75) is 37.0 Å². The Kier molecular flexibility index (Phi) is 3.42. The van der Waals surface area contributed by atoms with E-state index in [4.69, 9.17) is 4.42 Å². The van der Waals surface area contributed by atoms with Gasteiger partial charge in [0, 0.05) is 17.2 Å². The zero-order chi connectivity index (χ0) is 10.7. The van der Waals surface area contributed by atoms with Crippen LogP contribution in [0.15, 0.2) is 22.8 Å². The van der Waals surface area contributed by atoms with Crippen LogP contribution in [-0.4, -0.2) is 23.6 Å². The molecule has 0 aliphatic carbocycles. The Morgan fingerprint density at radius 2 is 2.53 bits per heavy atom. The van der Waals surface area contributed by atoms with Gasteiger partial charge in [0.2, 0.25) is 0 Å². The van der Waals surface area contributed by atoms with Crippen molar-refractivity contribution in [3.8, 4) is 0 Å². The van der Waals surface area contributed by atoms with E-state index < -0.39 is 0 Å². The Labute approximate surface area is 95.8 Å². The molecule has 0 radical (unpaired) electrons. The Morgan fingerprint density at radius 1 is 1.67 bits per heavy atom. The maximum absolute atomic E-state index is 5.42. The van der Waals surface area contributed by atoms with Crippen molar-refractivity contribution < 1.29 is 4.42 Å². The first-order valence-electron chi connectivity index (χ1n) is 5.58. The quantitative estimate of drug-likeness (QED) is 0.853. The Bertz CT molecular complexity index is 291. The van der Waals surface area contributed by atoms with Crippen LogP contribution in [0.4, 0.5) is 0 Å². The molecule has 1 aliphatic rings. The van der Waals surface area contributed by atoms with Crippen LogP contribution in [0.2, 0.25) is 0 Å². The van der Waals surface area contributed by atoms with E-state index >= 15 is 0 Å². The van der Waals surface area contributed by atoms with E-state index in [-0.39, 0.29) is 0 Å². The SMILES string of the molecule is CNC(Cc1ccco1)C1(C)CCCS1. The minimum absolute atomic E-state index is 0.377. The lowest BCUT2D eigenvalue weighted by Crippen LogP contribution is -2.44. The average molecular weight is 225 g/mol. The second kappa shape index (κ2) is 4.62. The molecule has 0 bridgehead atoms. The van der Waals surface area contributed by atoms with Crippen LogP contribution in [0.25, 0.3) is 0 Å². The van der Waals surface area contributed by atoms with Crippen molar-refractivity contribution in [2.24, 2.45) is 0 Å². The summed E-state index contributed by atoms with van der Waals surface area (Å²) in [7, 11) is 2.05. The highest BCUT2D eigenvalue weighted by molar-refractivity contribution is 8.00. The second-order valence-corrected chi connectivity index (χ2v) is 6.02. The molecule has 0 saturated carbocycles. The predicted molar refractivity (Wildman–Crippen MR) is 65.4 cm³/mol. The highest BCUT2D eigenvalue weighted by Crippen LogP contribution is 2.41. The van der Waals surface area contributed by atoms with Gasteiger partial charge in [0.05, 0.1) is 6.26 Å². The molecule has 1 saturated heterocycles. The zero-order valence-corrected chi connectivity index (χ0v) is 10.3. The fourth-order valence-corrected chi connectivity index (χ4v) is 3.77. The summed E-state index contributed by atoms with van der Waals surface area (Å²) in [6.07, 6.45) is 5.40. The standard InChI is InChI=1S/C12H19NOS/c1-12(6-4-8-15-12)11(13-2)9-10-5-3-7-14-10/h3,5,7,11,13H,4,6,8-9H2,1-2H3. The Balaban J connectivity index is 2.03. The summed E-state index contributed by atoms with van der Waals surface area (Å²) >= 11 is 2.10. The maximum atomic E-state index is 5.42. The topological polar surface area (TPSA) is 25.2 Å². The van der Waals surface area contributed by atoms with Crippen molar-refractivity contribution in [1.82, 2.24) is 5.32 Å². The molecular weight excluding hydrogens is 206 g/mol. The number of thioether (sulfide) groups is 1. The van der Waals surface area contributed by atoms with Crippen LogP contribution in [0, 0.1) is 0 Å². The smallest absolute Gasteiger partial charge is 0.105 e. The number of nitrogens with one attached hydrogen (secondary N) is 1. The van der Waals surface area contributed by atoms with Crippen LogP contribution in [0.3, 0.4) is 0 Å². The number of hydrogen-bond donors (Lipinski definition) is 1. The Morgan fingerprint density at radius 3 is 3.07 bits per heavy atom. The van der Waals surface area contributed by atoms with E-state index in [1.165, 1.54) is 18.6 Å². The van der Waals surface area contributed by atoms with Gasteiger partial charge in [-0.25, -0.2) is 0 Å². The third kappa shape index (κ3) is 2.40. The summed E-state index contributed by atoms with van der Waals surface area (Å²) in [5, 5.41) is 3.44. The molecule has 84 valence electrons. The molecule has 2 unspecified atom stereocenters. The van der Waals surface area contributed by atoms with Crippen molar-refractivity contribution in [1.29, 1.82) is 0 Å². The van der Waals surface area contributed by atoms with E-state index in [0.29, 0.717) is 10.8 Å². The summed E-state index contributed by atoms with van der Waals surface area (Å²) in [4.78, 5) is 0. The summed E-state index contributed by atoms with van der Waals surface area (Å²) in [5.74, 6) is 2.38. The molecule has 1 fully saturated rings. The van der Waals surface area contributed by atoms with E-state index in [2.05, 4.69) is 37.1 Å². The van der Waals surface area contributed by atoms with Crippen LogP contribution in [0.1, 0.15) is 25.5 Å². The lowest BCUT2D eigenvalue weighted by Gasteiger charge is -2.32. The fourth-order valence-electron chi connectivity index (χ4n) is 2.33. The van der Waals surface area contributed by atoms with Gasteiger partial charge in [-0.3, -0.25) is 0 Å². The number of hydrogen-bond acceptors (Lipinski definition) is 3. The summed E-state index contributed by atoms with van der Waals surface area (Å²) in [5.41, 5.74) is 0. The molecule has 15 heavy (non-hydrogen) atoms. The molecular formula is C12H19NOS. The molecule has 2 atom stereocenters. The van der Waals surface area contributed by atoms with Gasteiger partial charge in [-0.05, 0) is 44.7 Å². The van der Waals surface area contributed by atoms with Crippen molar-refractivity contribution in [3.05, 3.63) is 24.2 Å². The van der Waals surface area contributed by atoms with Gasteiger partial charge < -0.3 is 9.73 Å². The van der Waals surface area contributed by atoms with Crippen molar-refractivity contribution >= 4 is 11.8 Å². The van der Waals surface area contributed by atoms with E-state index in [1.807, 2.05) is 6.07 Å². The van der Waals surface area contributed by atoms with Crippen LogP contribution in [-0.2, 0) is 6.42 Å². The van der Waals surface area contributed by atoms with Crippen LogP contribution >= 0.6 is 11.8 Å². The Hall–Kier alpha value is -0.410. The number of likely N-dealkylation sites (N-methyl/N-ethyl adjacent to an activating group) is 1. The van der Waals surface area contributed by atoms with E-state index in [0.717, 1.165) is 12.2 Å². The van der Waals surface area contributed by atoms with Crippen molar-refractivity contribution in [2.75, 3.05) is 12.8 Å². The van der Waals surface area contributed by atoms with Gasteiger partial charge in [-0.15, -0.1) is 0 Å². The first kappa shape index (κ1) is 11.1. The van der Waals surface area contributed by atoms with Gasteiger partial charge in [0.25, 0.3) is 0 Å². The number of furan rings is 1. The predicted octanol–water partition coefficient (Wildman–Crippen LogP) is 2.70. The van der Waals surface area contributed by atoms with Crippen LogP contribution < -0.4 is 5.32 Å². The number of rotatable bonds is 4. The molecule has 3 heteroatoms. The minimum atomic E-state index is 0.377. The third-order valence-electron chi connectivity index (χ3n) is 3.32. The van der Waals surface area contributed by atoms with E-state index in [1.54, 1.807) is 6.26 Å². The monoisotopic (exact) mass is 225 g/mol. The molecule has 1 aromatic rings. The normalized spacial score (nSPS) is 28.1. The van der Waals surface area contributed by atoms with Crippen molar-refractivity contribution in [3.63, 3.8) is 0 Å².